The van der Waals surface area contributed by atoms with Gasteiger partial charge in [0.05, 0.1) is 6.54 Å². The van der Waals surface area contributed by atoms with Crippen LogP contribution < -0.4 is 10.2 Å². The van der Waals surface area contributed by atoms with Gasteiger partial charge in [0.2, 0.25) is 5.91 Å². The largest absolute Gasteiger partial charge is 0.480 e. The molecular weight excluding hydrogens is 244 g/mol. The van der Waals surface area contributed by atoms with Crippen LogP contribution in [0.5, 0.6) is 0 Å². The number of nitrogens with one attached hydrogen (secondary N) is 1. The molecule has 0 saturated heterocycles. The molecule has 5 nitrogen and oxygen atoms in total. The Labute approximate surface area is 112 Å². The molecule has 2 atom stereocenters. The predicted octanol–water partition coefficient (Wildman–Crippen LogP) is 1.03. The van der Waals surface area contributed by atoms with Gasteiger partial charge in [-0.05, 0) is 31.9 Å². The van der Waals surface area contributed by atoms with Crippen LogP contribution in [0.25, 0.3) is 0 Å². The highest BCUT2D eigenvalue weighted by molar-refractivity contribution is 5.97. The highest BCUT2D eigenvalue weighted by Crippen LogP contribution is 2.31. The lowest BCUT2D eigenvalue weighted by molar-refractivity contribution is -0.139. The minimum Gasteiger partial charge on any atom is -0.480 e. The first-order valence-corrected chi connectivity index (χ1v) is 6.37. The van der Waals surface area contributed by atoms with Crippen LogP contribution in [0, 0.1) is 0 Å². The lowest BCUT2D eigenvalue weighted by Crippen LogP contribution is -2.45. The number of benzene rings is 1. The SMILES string of the molecule is CC1Cc2ccccc2N1C(=O)CN[C@H](C)C(=O)O. The molecule has 1 aromatic rings. The third kappa shape index (κ3) is 2.76. The Hall–Kier alpha value is -1.88. The van der Waals surface area contributed by atoms with Gasteiger partial charge >= 0.3 is 5.97 Å². The molecule has 1 aromatic carbocycles. The molecule has 1 aliphatic rings. The van der Waals surface area contributed by atoms with Crippen LogP contribution in [0.4, 0.5) is 5.69 Å². The average molecular weight is 262 g/mol. The number of nitrogens with zero attached hydrogens (tertiary/aromatic N) is 1. The summed E-state index contributed by atoms with van der Waals surface area (Å²) in [6.07, 6.45) is 0.844. The fourth-order valence-electron chi connectivity index (χ4n) is 2.36. The molecule has 0 spiro atoms. The molecule has 0 aliphatic carbocycles. The third-order valence-corrected chi connectivity index (χ3v) is 3.41. The second-order valence-corrected chi connectivity index (χ2v) is 4.89. The molecule has 1 unspecified atom stereocenters. The third-order valence-electron chi connectivity index (χ3n) is 3.41. The van der Waals surface area contributed by atoms with Crippen molar-refractivity contribution in [3.63, 3.8) is 0 Å². The molecule has 0 fully saturated rings. The summed E-state index contributed by atoms with van der Waals surface area (Å²) >= 11 is 0. The van der Waals surface area contributed by atoms with Crippen molar-refractivity contribution in [2.75, 3.05) is 11.4 Å². The smallest absolute Gasteiger partial charge is 0.320 e. The van der Waals surface area contributed by atoms with E-state index in [9.17, 15) is 9.59 Å². The van der Waals surface area contributed by atoms with Gasteiger partial charge in [0.25, 0.3) is 0 Å². The summed E-state index contributed by atoms with van der Waals surface area (Å²) in [4.78, 5) is 24.7. The fourth-order valence-corrected chi connectivity index (χ4v) is 2.36. The first kappa shape index (κ1) is 13.5. The van der Waals surface area contributed by atoms with Gasteiger partial charge < -0.3 is 10.0 Å². The van der Waals surface area contributed by atoms with E-state index in [1.165, 1.54) is 6.92 Å². The Morgan fingerprint density at radius 2 is 2.16 bits per heavy atom. The molecule has 0 saturated carbocycles. The van der Waals surface area contributed by atoms with Crippen LogP contribution in [-0.2, 0) is 16.0 Å². The lowest BCUT2D eigenvalue weighted by atomic mass is 10.1. The van der Waals surface area contributed by atoms with Crippen LogP contribution >= 0.6 is 0 Å². The van der Waals surface area contributed by atoms with Gasteiger partial charge in [-0.25, -0.2) is 0 Å². The van der Waals surface area contributed by atoms with Crippen molar-refractivity contribution in [1.29, 1.82) is 0 Å². The van der Waals surface area contributed by atoms with Gasteiger partial charge in [-0.2, -0.15) is 0 Å². The van der Waals surface area contributed by atoms with Gasteiger partial charge in [-0.3, -0.25) is 14.9 Å². The Bertz CT molecular complexity index is 501. The number of rotatable bonds is 4. The summed E-state index contributed by atoms with van der Waals surface area (Å²) in [5.74, 6) is -1.05. The molecule has 5 heteroatoms. The van der Waals surface area contributed by atoms with Crippen molar-refractivity contribution in [3.8, 4) is 0 Å². The van der Waals surface area contributed by atoms with E-state index in [1.54, 1.807) is 4.90 Å². The number of hydrogen-bond acceptors (Lipinski definition) is 3. The summed E-state index contributed by atoms with van der Waals surface area (Å²) in [7, 11) is 0. The second-order valence-electron chi connectivity index (χ2n) is 4.89. The zero-order chi connectivity index (χ0) is 14.0. The highest BCUT2D eigenvalue weighted by Gasteiger charge is 2.30. The Kier molecular flexibility index (Phi) is 3.85. The monoisotopic (exact) mass is 262 g/mol. The maximum absolute atomic E-state index is 12.2. The fraction of sp³-hybridized carbons (Fsp3) is 0.429. The Morgan fingerprint density at radius 3 is 2.84 bits per heavy atom. The summed E-state index contributed by atoms with van der Waals surface area (Å²) < 4.78 is 0. The van der Waals surface area contributed by atoms with Crippen molar-refractivity contribution in [2.45, 2.75) is 32.4 Å². The van der Waals surface area contributed by atoms with E-state index in [0.717, 1.165) is 17.7 Å². The maximum atomic E-state index is 12.2. The van der Waals surface area contributed by atoms with E-state index < -0.39 is 12.0 Å². The van der Waals surface area contributed by atoms with Crippen molar-refractivity contribution in [1.82, 2.24) is 5.32 Å². The number of para-hydroxylation sites is 1. The van der Waals surface area contributed by atoms with Crippen LogP contribution in [-0.4, -0.2) is 35.6 Å². The maximum Gasteiger partial charge on any atom is 0.320 e. The number of carboxylic acid groups (broad SMARTS) is 1. The van der Waals surface area contributed by atoms with E-state index in [-0.39, 0.29) is 18.5 Å². The standard InChI is InChI=1S/C14H18N2O3/c1-9-7-11-5-3-4-6-12(11)16(9)13(17)8-15-10(2)14(18)19/h3-6,9-10,15H,7-8H2,1-2H3,(H,18,19)/t9?,10-/m1/s1. The number of carbonyl (C=O) groups is 2. The normalized spacial score (nSPS) is 19.1. The van der Waals surface area contributed by atoms with Gasteiger partial charge in [0.1, 0.15) is 6.04 Å². The second kappa shape index (κ2) is 5.40. The van der Waals surface area contributed by atoms with E-state index in [1.807, 2.05) is 31.2 Å². The summed E-state index contributed by atoms with van der Waals surface area (Å²) in [6, 6.07) is 7.21. The molecule has 1 aliphatic heterocycles. The minimum absolute atomic E-state index is 0.0339. The first-order valence-electron chi connectivity index (χ1n) is 6.37. The lowest BCUT2D eigenvalue weighted by Gasteiger charge is -2.23. The summed E-state index contributed by atoms with van der Waals surface area (Å²) in [6.45, 7) is 3.56. The van der Waals surface area contributed by atoms with Crippen LogP contribution in [0.15, 0.2) is 24.3 Å². The number of anilines is 1. The van der Waals surface area contributed by atoms with Crippen molar-refractivity contribution < 1.29 is 14.7 Å². The molecule has 19 heavy (non-hydrogen) atoms. The molecule has 2 N–H and O–H groups in total. The Morgan fingerprint density at radius 1 is 1.47 bits per heavy atom. The van der Waals surface area contributed by atoms with E-state index in [0.29, 0.717) is 0 Å². The van der Waals surface area contributed by atoms with Crippen LogP contribution in [0.1, 0.15) is 19.4 Å². The number of carbonyl (C=O) groups excluding carboxylic acids is 1. The van der Waals surface area contributed by atoms with E-state index >= 15 is 0 Å². The molecule has 0 aromatic heterocycles. The summed E-state index contributed by atoms with van der Waals surface area (Å²) in [5.41, 5.74) is 2.10. The number of aliphatic carboxylic acids is 1. The van der Waals surface area contributed by atoms with Gasteiger partial charge in [0, 0.05) is 11.7 Å². The van der Waals surface area contributed by atoms with Crippen LogP contribution in [0.2, 0.25) is 0 Å². The number of carboxylic acids is 1. The number of amides is 1. The van der Waals surface area contributed by atoms with Crippen molar-refractivity contribution >= 4 is 17.6 Å². The molecule has 0 bridgehead atoms. The molecule has 102 valence electrons. The quantitative estimate of drug-likeness (QED) is 0.850. The first-order chi connectivity index (χ1) is 9.00. The van der Waals surface area contributed by atoms with E-state index in [4.69, 9.17) is 5.11 Å². The zero-order valence-corrected chi connectivity index (χ0v) is 11.1. The molecular formula is C14H18N2O3. The van der Waals surface area contributed by atoms with Gasteiger partial charge in [-0.15, -0.1) is 0 Å². The summed E-state index contributed by atoms with van der Waals surface area (Å²) in [5, 5.41) is 11.5. The minimum atomic E-state index is -0.956. The van der Waals surface area contributed by atoms with Gasteiger partial charge in [-0.1, -0.05) is 18.2 Å². The number of hydrogen-bond donors (Lipinski definition) is 2. The molecule has 0 radical (unpaired) electrons. The average Bonchev–Trinajstić information content (AvgIpc) is 2.71. The zero-order valence-electron chi connectivity index (χ0n) is 11.1. The van der Waals surface area contributed by atoms with Crippen molar-refractivity contribution in [2.24, 2.45) is 0 Å². The Balaban J connectivity index is 2.06. The molecule has 2 rings (SSSR count). The molecule has 1 amide bonds. The van der Waals surface area contributed by atoms with Crippen molar-refractivity contribution in [3.05, 3.63) is 29.8 Å². The molecule has 1 heterocycles. The highest BCUT2D eigenvalue weighted by atomic mass is 16.4. The predicted molar refractivity (Wildman–Crippen MR) is 72.2 cm³/mol. The van der Waals surface area contributed by atoms with E-state index in [2.05, 4.69) is 5.32 Å². The topological polar surface area (TPSA) is 69.6 Å². The van der Waals surface area contributed by atoms with Crippen LogP contribution in [0.3, 0.4) is 0 Å². The number of fused-ring (bicyclic) bond motifs is 1. The van der Waals surface area contributed by atoms with Gasteiger partial charge in [0.15, 0.2) is 0 Å².